The number of rotatable bonds is 10. The first-order valence-corrected chi connectivity index (χ1v) is 13.4. The molecule has 0 aliphatic heterocycles. The minimum absolute atomic E-state index is 0.591. The first-order valence-electron chi connectivity index (χ1n) is 13.0. The average Bonchev–Trinajstić information content (AvgIpc) is 2.93. The van der Waals surface area contributed by atoms with Gasteiger partial charge in [0.25, 0.3) is 0 Å². The van der Waals surface area contributed by atoms with Gasteiger partial charge in [0, 0.05) is 48.7 Å². The van der Waals surface area contributed by atoms with Crippen LogP contribution in [0.2, 0.25) is 0 Å². The fraction of sp³-hybridized carbons (Fsp3) is 0.290. The summed E-state index contributed by atoms with van der Waals surface area (Å²) in [5.41, 5.74) is 6.22. The highest BCUT2D eigenvalue weighted by molar-refractivity contribution is 7.80. The van der Waals surface area contributed by atoms with Gasteiger partial charge < -0.3 is 29.7 Å². The first kappa shape index (κ1) is 28.0. The molecule has 2 N–H and O–H groups in total. The highest BCUT2D eigenvalue weighted by atomic mass is 32.1. The molecule has 1 aromatic heterocycles. The van der Waals surface area contributed by atoms with Crippen molar-refractivity contribution in [2.24, 2.45) is 0 Å². The Bertz CT molecular complexity index is 1470. The molecular formula is C31H36N4O3S. The molecule has 0 spiro atoms. The van der Waals surface area contributed by atoms with Crippen molar-refractivity contribution in [1.29, 1.82) is 0 Å². The van der Waals surface area contributed by atoms with Crippen molar-refractivity contribution in [3.8, 4) is 23.0 Å². The van der Waals surface area contributed by atoms with Gasteiger partial charge in [-0.3, -0.25) is 4.98 Å². The summed E-state index contributed by atoms with van der Waals surface area (Å²) in [5.74, 6) is 2.70. The Morgan fingerprint density at radius 1 is 0.872 bits per heavy atom. The van der Waals surface area contributed by atoms with Crippen LogP contribution in [0.1, 0.15) is 23.6 Å². The molecule has 4 aromatic rings. The Morgan fingerprint density at radius 2 is 1.62 bits per heavy atom. The van der Waals surface area contributed by atoms with Crippen molar-refractivity contribution < 1.29 is 14.2 Å². The summed E-state index contributed by atoms with van der Waals surface area (Å²) < 4.78 is 17.3. The van der Waals surface area contributed by atoms with Gasteiger partial charge >= 0.3 is 0 Å². The van der Waals surface area contributed by atoms with Crippen LogP contribution in [-0.4, -0.2) is 44.0 Å². The van der Waals surface area contributed by atoms with Crippen LogP contribution in [0.3, 0.4) is 0 Å². The molecule has 0 bridgehead atoms. The van der Waals surface area contributed by atoms with Crippen LogP contribution in [-0.2, 0) is 0 Å². The molecule has 39 heavy (non-hydrogen) atoms. The summed E-state index contributed by atoms with van der Waals surface area (Å²) in [6.45, 7) is 10.9. The van der Waals surface area contributed by atoms with E-state index in [0.717, 1.165) is 53.1 Å². The van der Waals surface area contributed by atoms with Crippen LogP contribution in [0.4, 0.5) is 11.4 Å². The van der Waals surface area contributed by atoms with Gasteiger partial charge in [0.05, 0.1) is 19.7 Å². The molecule has 0 atom stereocenters. The zero-order chi connectivity index (χ0) is 27.9. The monoisotopic (exact) mass is 544 g/mol. The van der Waals surface area contributed by atoms with E-state index in [2.05, 4.69) is 64.7 Å². The van der Waals surface area contributed by atoms with E-state index < -0.39 is 0 Å². The van der Waals surface area contributed by atoms with Gasteiger partial charge in [-0.25, -0.2) is 0 Å². The molecule has 4 rings (SSSR count). The smallest absolute Gasteiger partial charge is 0.170 e. The Kier molecular flexibility index (Phi) is 9.09. The van der Waals surface area contributed by atoms with Gasteiger partial charge in [-0.1, -0.05) is 18.2 Å². The number of aromatic nitrogens is 1. The van der Waals surface area contributed by atoms with E-state index in [9.17, 15) is 0 Å². The number of methoxy groups -OCH3 is 2. The Labute approximate surface area is 236 Å². The normalized spacial score (nSPS) is 10.7. The molecule has 7 nitrogen and oxygen atoms in total. The molecule has 0 saturated heterocycles. The van der Waals surface area contributed by atoms with E-state index in [-0.39, 0.29) is 0 Å². The number of ether oxygens (including phenoxy) is 3. The number of hydrogen-bond acceptors (Lipinski definition) is 6. The largest absolute Gasteiger partial charge is 0.493 e. The van der Waals surface area contributed by atoms with Crippen molar-refractivity contribution in [2.45, 2.75) is 27.7 Å². The Morgan fingerprint density at radius 3 is 2.33 bits per heavy atom. The van der Waals surface area contributed by atoms with E-state index in [0.29, 0.717) is 22.4 Å². The van der Waals surface area contributed by atoms with E-state index in [1.165, 1.54) is 11.3 Å². The zero-order valence-electron chi connectivity index (χ0n) is 23.4. The highest BCUT2D eigenvalue weighted by Crippen LogP contribution is 2.38. The van der Waals surface area contributed by atoms with Crippen LogP contribution >= 0.6 is 12.2 Å². The van der Waals surface area contributed by atoms with Crippen molar-refractivity contribution in [1.82, 2.24) is 10.3 Å². The topological polar surface area (TPSA) is 67.9 Å². The number of likely N-dealkylation sites (N-methyl/N-ethyl adjacent to an activating group) is 1. The highest BCUT2D eigenvalue weighted by Gasteiger charge is 2.14. The third-order valence-corrected chi connectivity index (χ3v) is 6.95. The van der Waals surface area contributed by atoms with Crippen molar-refractivity contribution in [3.05, 3.63) is 77.5 Å². The molecule has 204 valence electrons. The van der Waals surface area contributed by atoms with E-state index in [1.807, 2.05) is 38.1 Å². The molecule has 0 amide bonds. The molecule has 8 heteroatoms. The van der Waals surface area contributed by atoms with Crippen LogP contribution in [0.5, 0.6) is 23.0 Å². The predicted molar refractivity (Wildman–Crippen MR) is 164 cm³/mol. The van der Waals surface area contributed by atoms with Gasteiger partial charge in [0.15, 0.2) is 16.6 Å². The summed E-state index contributed by atoms with van der Waals surface area (Å²) in [6.07, 6.45) is 1.73. The molecule has 0 unspecified atom stereocenters. The summed E-state index contributed by atoms with van der Waals surface area (Å²) in [4.78, 5) is 6.81. The predicted octanol–water partition coefficient (Wildman–Crippen LogP) is 6.78. The lowest BCUT2D eigenvalue weighted by Crippen LogP contribution is -2.37. The average molecular weight is 545 g/mol. The number of benzene rings is 3. The minimum Gasteiger partial charge on any atom is -0.493 e. The van der Waals surface area contributed by atoms with Crippen LogP contribution in [0.25, 0.3) is 10.9 Å². The molecule has 3 aromatic carbocycles. The molecule has 0 aliphatic rings. The third-order valence-electron chi connectivity index (χ3n) is 6.70. The fourth-order valence-electron chi connectivity index (χ4n) is 4.53. The van der Waals surface area contributed by atoms with Gasteiger partial charge in [-0.15, -0.1) is 0 Å². The second kappa shape index (κ2) is 12.7. The van der Waals surface area contributed by atoms with E-state index in [4.69, 9.17) is 26.4 Å². The van der Waals surface area contributed by atoms with Crippen molar-refractivity contribution in [3.63, 3.8) is 0 Å². The number of thiocarbonyl (C=S) groups is 1. The molecule has 0 aliphatic carbocycles. The lowest BCUT2D eigenvalue weighted by Gasteiger charge is -2.25. The van der Waals surface area contributed by atoms with Gasteiger partial charge in [0.1, 0.15) is 11.5 Å². The number of aryl methyl sites for hydroxylation is 3. The van der Waals surface area contributed by atoms with Crippen LogP contribution < -0.4 is 29.7 Å². The summed E-state index contributed by atoms with van der Waals surface area (Å²) in [6, 6.07) is 18.1. The van der Waals surface area contributed by atoms with Crippen LogP contribution in [0, 0.1) is 20.8 Å². The number of nitrogens with zero attached hydrogens (tertiary/aromatic N) is 2. The number of para-hydroxylation sites is 1. The fourth-order valence-corrected chi connectivity index (χ4v) is 4.74. The standard InChI is InChI=1S/C31H36N4O3S/c1-7-35(26-11-9-8-10-20(26)2)15-14-33-31(39)34-24-16-22(4)28(17-21(24)3)38-27-12-13-32-25-19-30(37-6)29(36-5)18-23(25)27/h8-13,16-19H,7,14-15H2,1-6H3,(H2,33,34,39). The molecule has 1 heterocycles. The maximum Gasteiger partial charge on any atom is 0.170 e. The molecule has 0 saturated carbocycles. The summed E-state index contributed by atoms with van der Waals surface area (Å²) in [7, 11) is 3.22. The summed E-state index contributed by atoms with van der Waals surface area (Å²) in [5, 5.41) is 8.12. The third kappa shape index (κ3) is 6.52. The van der Waals surface area contributed by atoms with Gasteiger partial charge in [-0.05, 0) is 86.9 Å². The van der Waals surface area contributed by atoms with Gasteiger partial charge in [-0.2, -0.15) is 0 Å². The first-order chi connectivity index (χ1) is 18.8. The molecule has 0 radical (unpaired) electrons. The van der Waals surface area contributed by atoms with E-state index in [1.54, 1.807) is 20.4 Å². The quantitative estimate of drug-likeness (QED) is 0.212. The van der Waals surface area contributed by atoms with Crippen LogP contribution in [0.15, 0.2) is 60.8 Å². The number of hydrogen-bond donors (Lipinski definition) is 2. The number of fused-ring (bicyclic) bond motifs is 1. The number of anilines is 2. The Hall–Kier alpha value is -4.04. The van der Waals surface area contributed by atoms with Crippen molar-refractivity contribution in [2.75, 3.05) is 44.1 Å². The van der Waals surface area contributed by atoms with Gasteiger partial charge in [0.2, 0.25) is 0 Å². The zero-order valence-corrected chi connectivity index (χ0v) is 24.2. The molecular weight excluding hydrogens is 508 g/mol. The lowest BCUT2D eigenvalue weighted by molar-refractivity contribution is 0.355. The van der Waals surface area contributed by atoms with Crippen molar-refractivity contribution >= 4 is 39.6 Å². The Balaban J connectivity index is 1.43. The summed E-state index contributed by atoms with van der Waals surface area (Å²) >= 11 is 5.60. The lowest BCUT2D eigenvalue weighted by atomic mass is 10.1. The minimum atomic E-state index is 0.591. The second-order valence-electron chi connectivity index (χ2n) is 9.32. The maximum atomic E-state index is 6.37. The molecule has 0 fully saturated rings. The number of pyridine rings is 1. The maximum absolute atomic E-state index is 6.37. The van der Waals surface area contributed by atoms with E-state index >= 15 is 0 Å². The number of nitrogens with one attached hydrogen (secondary N) is 2. The SMILES string of the molecule is CCN(CCNC(=S)Nc1cc(C)c(Oc2ccnc3cc(OC)c(OC)cc23)cc1C)c1ccccc1C. The second-order valence-corrected chi connectivity index (χ2v) is 9.72.